The van der Waals surface area contributed by atoms with E-state index in [0.717, 1.165) is 0 Å². The fourth-order valence-corrected chi connectivity index (χ4v) is 10.5. The zero-order valence-corrected chi connectivity index (χ0v) is 36.4. The third-order valence-corrected chi connectivity index (χ3v) is 16.0. The number of rotatable bonds is 9. The molecule has 0 saturated carbocycles. The lowest BCUT2D eigenvalue weighted by Gasteiger charge is -2.69. The smallest absolute Gasteiger partial charge is 0.341 e. The van der Waals surface area contributed by atoms with Crippen molar-refractivity contribution in [3.05, 3.63) is 0 Å². The summed E-state index contributed by atoms with van der Waals surface area (Å²) < 4.78 is 11.0. The van der Waals surface area contributed by atoms with Gasteiger partial charge < -0.3 is 19.3 Å². The lowest BCUT2D eigenvalue weighted by atomic mass is 9.40. The Morgan fingerprint density at radius 3 is 1.12 bits per heavy atom. The van der Waals surface area contributed by atoms with Crippen molar-refractivity contribution in [2.45, 2.75) is 182 Å². The molecule has 0 bridgehead atoms. The second-order valence-electron chi connectivity index (χ2n) is 21.5. The number of hydrogen-bond acceptors (Lipinski definition) is 5. The van der Waals surface area contributed by atoms with Gasteiger partial charge in [0.2, 0.25) is 11.5 Å². The molecule has 48 heavy (non-hydrogen) atoms. The molecule has 0 spiro atoms. The van der Waals surface area contributed by atoms with Crippen LogP contribution in [-0.4, -0.2) is 71.1 Å². The van der Waals surface area contributed by atoms with Crippen LogP contribution in [0.4, 0.5) is 0 Å². The lowest BCUT2D eigenvalue weighted by molar-refractivity contribution is -0.209. The molecule has 1 rings (SSSR count). The van der Waals surface area contributed by atoms with Crippen molar-refractivity contribution in [1.82, 2.24) is 9.80 Å². The fraction of sp³-hybridized carbons (Fsp3) is 0.927. The summed E-state index contributed by atoms with van der Waals surface area (Å²) in [4.78, 5) is 47.0. The highest BCUT2D eigenvalue weighted by molar-refractivity contribution is 6.02. The van der Waals surface area contributed by atoms with Gasteiger partial charge in [-0.25, -0.2) is 4.79 Å². The lowest BCUT2D eigenvalue weighted by Crippen LogP contribution is -2.75. The van der Waals surface area contributed by atoms with Gasteiger partial charge in [0, 0.05) is 25.0 Å². The van der Waals surface area contributed by atoms with E-state index in [1.807, 2.05) is 18.9 Å². The molecule has 0 N–H and O–H groups in total. The second kappa shape index (κ2) is 11.7. The Bertz CT molecular complexity index is 1240. The van der Waals surface area contributed by atoms with Crippen molar-refractivity contribution in [3.63, 3.8) is 0 Å². The first-order valence-corrected chi connectivity index (χ1v) is 17.9. The highest BCUT2D eigenvalue weighted by atomic mass is 16.7. The van der Waals surface area contributed by atoms with E-state index in [4.69, 9.17) is 9.47 Å². The third kappa shape index (κ3) is 5.48. The van der Waals surface area contributed by atoms with Crippen LogP contribution in [0.25, 0.3) is 0 Å². The number of likely N-dealkylation sites (N-methyl/N-ethyl adjacent to an activating group) is 2. The maximum absolute atomic E-state index is 15.9. The quantitative estimate of drug-likeness (QED) is 0.179. The topological polar surface area (TPSA) is 79.5 Å². The molecule has 0 aromatic carbocycles. The molecule has 0 unspecified atom stereocenters. The average Bonchev–Trinajstić information content (AvgIpc) is 3.48. The van der Waals surface area contributed by atoms with Crippen LogP contribution in [0, 0.1) is 43.3 Å². The van der Waals surface area contributed by atoms with E-state index < -0.39 is 50.4 Å². The molecule has 0 aromatic heterocycles. The first-order valence-electron chi connectivity index (χ1n) is 17.9. The molecule has 3 atom stereocenters. The number of hydrogen-bond donors (Lipinski definition) is 0. The van der Waals surface area contributed by atoms with Crippen LogP contribution in [0.15, 0.2) is 0 Å². The Morgan fingerprint density at radius 2 is 0.833 bits per heavy atom. The Morgan fingerprint density at radius 1 is 0.521 bits per heavy atom. The van der Waals surface area contributed by atoms with Crippen molar-refractivity contribution in [2.75, 3.05) is 21.2 Å². The number of amides is 2. The predicted molar refractivity (Wildman–Crippen MR) is 200 cm³/mol. The minimum atomic E-state index is -1.49. The highest BCUT2D eigenvalue weighted by Crippen LogP contribution is 2.68. The summed E-state index contributed by atoms with van der Waals surface area (Å²) in [6.07, 6.45) is 0. The van der Waals surface area contributed by atoms with Gasteiger partial charge in [-0.3, -0.25) is 9.59 Å². The minimum Gasteiger partial charge on any atom is -0.467 e. The molecule has 0 radical (unpaired) electrons. The maximum atomic E-state index is 15.9. The zero-order valence-electron chi connectivity index (χ0n) is 36.4. The van der Waals surface area contributed by atoms with E-state index in [-0.39, 0.29) is 33.0 Å². The monoisotopic (exact) mass is 679 g/mol. The maximum Gasteiger partial charge on any atom is 0.341 e. The molecule has 1 aliphatic heterocycles. The molecule has 0 aromatic rings. The summed E-state index contributed by atoms with van der Waals surface area (Å²) in [6, 6.07) is 0. The van der Waals surface area contributed by atoms with Gasteiger partial charge >= 0.3 is 5.97 Å². The Labute approximate surface area is 297 Å². The molecule has 282 valence electrons. The molecule has 1 heterocycles. The van der Waals surface area contributed by atoms with Crippen molar-refractivity contribution in [2.24, 2.45) is 43.3 Å². The Hall–Kier alpha value is -1.63. The Kier molecular flexibility index (Phi) is 10.8. The van der Waals surface area contributed by atoms with E-state index in [1.54, 1.807) is 25.8 Å². The van der Waals surface area contributed by atoms with Crippen molar-refractivity contribution in [1.29, 1.82) is 0 Å². The second-order valence-corrected chi connectivity index (χ2v) is 21.5. The number of methoxy groups -OCH3 is 1. The van der Waals surface area contributed by atoms with Crippen LogP contribution < -0.4 is 0 Å². The molecular weight excluding hydrogens is 600 g/mol. The molecule has 1 saturated heterocycles. The van der Waals surface area contributed by atoms with E-state index in [0.29, 0.717) is 0 Å². The number of carbonyl (C=O) groups is 3. The normalized spacial score (nSPS) is 23.3. The number of epoxide rings is 1. The minimum absolute atomic E-state index is 0.113. The van der Waals surface area contributed by atoms with Gasteiger partial charge in [-0.05, 0) is 72.5 Å². The van der Waals surface area contributed by atoms with Crippen LogP contribution >= 0.6 is 0 Å². The average molecular weight is 679 g/mol. The number of esters is 1. The van der Waals surface area contributed by atoms with Gasteiger partial charge in [-0.15, -0.1) is 0 Å². The van der Waals surface area contributed by atoms with Crippen molar-refractivity contribution in [3.8, 4) is 0 Å². The van der Waals surface area contributed by atoms with Crippen molar-refractivity contribution < 1.29 is 23.9 Å². The first-order chi connectivity index (χ1) is 20.6. The molecule has 1 aliphatic rings. The number of nitrogens with zero attached hydrogens (tertiary/aromatic N) is 2. The number of carbonyl (C=O) groups excluding carboxylic acids is 3. The van der Waals surface area contributed by atoms with E-state index in [9.17, 15) is 9.59 Å². The largest absolute Gasteiger partial charge is 0.467 e. The van der Waals surface area contributed by atoms with Crippen LogP contribution in [-0.2, 0) is 23.9 Å². The van der Waals surface area contributed by atoms with Gasteiger partial charge in [0.1, 0.15) is 5.54 Å². The standard InChI is InChI=1S/C41H78N2O5/c1-30(2,3)40(22,31(4,5)6)34(13,14)36(17,18)42(24)27(44)37(19,35(15,16)41(23,32(7,8)9)33(10,11)12)43(25)28(45)38(20)39(21,48-38)29(46)47-26/h1-26H3/t37-,38+,39+/m0/s1. The van der Waals surface area contributed by atoms with Crippen LogP contribution in [0.3, 0.4) is 0 Å². The van der Waals surface area contributed by atoms with Crippen molar-refractivity contribution >= 4 is 17.8 Å². The van der Waals surface area contributed by atoms with Gasteiger partial charge in [-0.1, -0.05) is 125 Å². The summed E-state index contributed by atoms with van der Waals surface area (Å²) in [5.74, 6) is -1.20. The summed E-state index contributed by atoms with van der Waals surface area (Å²) in [5.41, 5.74) is -7.81. The molecule has 7 nitrogen and oxygen atoms in total. The molecule has 7 heteroatoms. The van der Waals surface area contributed by atoms with Gasteiger partial charge in [0.15, 0.2) is 5.60 Å². The fourth-order valence-electron chi connectivity index (χ4n) is 10.5. The van der Waals surface area contributed by atoms with Gasteiger partial charge in [0.05, 0.1) is 7.11 Å². The molecule has 1 fully saturated rings. The van der Waals surface area contributed by atoms with Gasteiger partial charge in [-0.2, -0.15) is 0 Å². The summed E-state index contributed by atoms with van der Waals surface area (Å²) in [5, 5.41) is 0. The summed E-state index contributed by atoms with van der Waals surface area (Å²) in [6.45, 7) is 50.1. The predicted octanol–water partition coefficient (Wildman–Crippen LogP) is 9.41. The Balaban J connectivity index is 4.30. The zero-order chi connectivity index (χ0) is 39.3. The van der Waals surface area contributed by atoms with E-state index >= 15 is 4.79 Å². The van der Waals surface area contributed by atoms with Crippen LogP contribution in [0.5, 0.6) is 0 Å². The first kappa shape index (κ1) is 44.4. The molecular formula is C41H78N2O5. The highest BCUT2D eigenvalue weighted by Gasteiger charge is 2.77. The molecule has 2 amide bonds. The molecule has 0 aliphatic carbocycles. The van der Waals surface area contributed by atoms with Gasteiger partial charge in [0.25, 0.3) is 5.91 Å². The third-order valence-electron chi connectivity index (χ3n) is 16.0. The van der Waals surface area contributed by atoms with E-state index in [1.165, 1.54) is 7.11 Å². The SMILES string of the molecule is COC(=O)[C@@]1(C)O[C@]1(C)C(=O)N(C)[C@@](C)(C(=O)N(C)C(C)(C)C(C)(C)C(C)(C(C)(C)C)C(C)(C)C)C(C)(C)C(C)(C(C)(C)C)C(C)(C)C. The van der Waals surface area contributed by atoms with Crippen LogP contribution in [0.2, 0.25) is 0 Å². The number of ether oxygens (including phenoxy) is 2. The summed E-state index contributed by atoms with van der Waals surface area (Å²) in [7, 11) is 4.90. The summed E-state index contributed by atoms with van der Waals surface area (Å²) >= 11 is 0. The van der Waals surface area contributed by atoms with Crippen LogP contribution in [0.1, 0.15) is 159 Å². The van der Waals surface area contributed by atoms with E-state index in [2.05, 4.69) is 138 Å².